The Kier molecular flexibility index (Phi) is 8.59. The highest BCUT2D eigenvalue weighted by Gasteiger charge is 2.35. The first-order chi connectivity index (χ1) is 16.9. The lowest BCUT2D eigenvalue weighted by atomic mass is 9.78. The lowest BCUT2D eigenvalue weighted by Gasteiger charge is -2.28. The van der Waals surface area contributed by atoms with Crippen LogP contribution in [0.15, 0.2) is 73.3 Å². The van der Waals surface area contributed by atoms with E-state index in [0.29, 0.717) is 23.7 Å². The van der Waals surface area contributed by atoms with Gasteiger partial charge in [-0.25, -0.2) is 0 Å². The molecule has 0 spiro atoms. The van der Waals surface area contributed by atoms with Gasteiger partial charge in [-0.2, -0.15) is 8.78 Å². The van der Waals surface area contributed by atoms with Crippen LogP contribution < -0.4 is 0 Å². The number of hydrogen-bond donors (Lipinski definition) is 0. The van der Waals surface area contributed by atoms with Gasteiger partial charge >= 0.3 is 6.11 Å². The summed E-state index contributed by atoms with van der Waals surface area (Å²) in [5, 5.41) is 0. The topological polar surface area (TPSA) is 9.23 Å². The first-order valence-electron chi connectivity index (χ1n) is 13.4. The molecule has 1 unspecified atom stereocenters. The summed E-state index contributed by atoms with van der Waals surface area (Å²) >= 11 is 0. The zero-order chi connectivity index (χ0) is 24.8. The normalized spacial score (nSPS) is 26.5. The molecule has 2 aliphatic rings. The van der Waals surface area contributed by atoms with E-state index in [-0.39, 0.29) is 5.56 Å². The third-order valence-electron chi connectivity index (χ3n) is 8.26. The molecular weight excluding hydrogens is 438 g/mol. The number of benzene rings is 2. The lowest BCUT2D eigenvalue weighted by Crippen LogP contribution is -2.20. The summed E-state index contributed by atoms with van der Waals surface area (Å²) < 4.78 is 35.3. The Morgan fingerprint density at radius 1 is 0.800 bits per heavy atom. The van der Waals surface area contributed by atoms with Crippen LogP contribution >= 0.6 is 0 Å². The standard InChI is InChI=1S/C32H40F2O/c1-4-6-25-9-13-28(14-10-25)29-17-15-26(16-18-29)23(3)35-32(33,34)31-21-19-30(20-22-31)27-11-7-24(5-2)8-12-27/h4-6,15-25,27-28H,2,7-14H2,1,3H3/b6-4+. The maximum Gasteiger partial charge on any atom is 0.383 e. The molecule has 0 heterocycles. The van der Waals surface area contributed by atoms with Crippen molar-refractivity contribution in [2.45, 2.75) is 89.3 Å². The molecule has 0 saturated heterocycles. The minimum Gasteiger partial charge on any atom is -0.309 e. The maximum absolute atomic E-state index is 15.0. The Bertz CT molecular complexity index is 960. The zero-order valence-electron chi connectivity index (χ0n) is 21.3. The van der Waals surface area contributed by atoms with Crippen molar-refractivity contribution in [3.63, 3.8) is 0 Å². The number of ether oxygens (including phenoxy) is 1. The highest BCUT2D eigenvalue weighted by molar-refractivity contribution is 5.29. The fourth-order valence-electron chi connectivity index (χ4n) is 5.95. The Labute approximate surface area is 210 Å². The van der Waals surface area contributed by atoms with E-state index in [0.717, 1.165) is 36.8 Å². The third kappa shape index (κ3) is 6.50. The molecule has 0 bridgehead atoms. The number of allylic oxidation sites excluding steroid dienone is 3. The molecule has 0 N–H and O–H groups in total. The van der Waals surface area contributed by atoms with E-state index in [1.165, 1.54) is 43.4 Å². The fourth-order valence-corrected chi connectivity index (χ4v) is 5.95. The minimum atomic E-state index is -3.33. The third-order valence-corrected chi connectivity index (χ3v) is 8.26. The highest BCUT2D eigenvalue weighted by atomic mass is 19.3. The number of alkyl halides is 2. The second-order valence-corrected chi connectivity index (χ2v) is 10.6. The van der Waals surface area contributed by atoms with Crippen LogP contribution in [0.1, 0.15) is 105 Å². The number of halogens is 2. The second kappa shape index (κ2) is 11.6. The van der Waals surface area contributed by atoms with Crippen molar-refractivity contribution in [3.8, 4) is 0 Å². The summed E-state index contributed by atoms with van der Waals surface area (Å²) in [6.07, 6.45) is 11.7. The van der Waals surface area contributed by atoms with E-state index in [4.69, 9.17) is 4.74 Å². The van der Waals surface area contributed by atoms with Gasteiger partial charge in [0, 0.05) is 0 Å². The fraction of sp³-hybridized carbons (Fsp3) is 0.500. The van der Waals surface area contributed by atoms with Gasteiger partial charge in [-0.15, -0.1) is 6.58 Å². The summed E-state index contributed by atoms with van der Waals surface area (Å²) in [6, 6.07) is 14.9. The number of rotatable bonds is 8. The predicted octanol–water partition coefficient (Wildman–Crippen LogP) is 9.82. The predicted molar refractivity (Wildman–Crippen MR) is 141 cm³/mol. The van der Waals surface area contributed by atoms with Crippen molar-refractivity contribution in [1.82, 2.24) is 0 Å². The molecular formula is C32H40F2O. The van der Waals surface area contributed by atoms with Gasteiger partial charge in [0.15, 0.2) is 0 Å². The quantitative estimate of drug-likeness (QED) is 0.343. The van der Waals surface area contributed by atoms with Crippen LogP contribution in [0.3, 0.4) is 0 Å². The second-order valence-electron chi connectivity index (χ2n) is 10.6. The van der Waals surface area contributed by atoms with Crippen molar-refractivity contribution in [2.75, 3.05) is 0 Å². The van der Waals surface area contributed by atoms with Crippen LogP contribution in [0.2, 0.25) is 0 Å². The Hall–Kier alpha value is -2.26. The van der Waals surface area contributed by atoms with Crippen molar-refractivity contribution in [1.29, 1.82) is 0 Å². The van der Waals surface area contributed by atoms with E-state index in [9.17, 15) is 8.78 Å². The molecule has 2 aromatic carbocycles. The first-order valence-corrected chi connectivity index (χ1v) is 13.4. The van der Waals surface area contributed by atoms with Crippen LogP contribution in [0.25, 0.3) is 0 Å². The molecule has 0 amide bonds. The largest absolute Gasteiger partial charge is 0.383 e. The van der Waals surface area contributed by atoms with Crippen LogP contribution in [0.5, 0.6) is 0 Å². The van der Waals surface area contributed by atoms with Crippen LogP contribution in [0.4, 0.5) is 8.78 Å². The Balaban J connectivity index is 1.34. The lowest BCUT2D eigenvalue weighted by molar-refractivity contribution is -0.272. The minimum absolute atomic E-state index is 0.0811. The molecule has 0 aliphatic heterocycles. The monoisotopic (exact) mass is 478 g/mol. The van der Waals surface area contributed by atoms with Gasteiger partial charge in [0.25, 0.3) is 0 Å². The van der Waals surface area contributed by atoms with E-state index in [1.54, 1.807) is 6.92 Å². The van der Waals surface area contributed by atoms with Gasteiger partial charge in [0.2, 0.25) is 0 Å². The van der Waals surface area contributed by atoms with Crippen LogP contribution in [0, 0.1) is 11.8 Å². The summed E-state index contributed by atoms with van der Waals surface area (Å²) in [6.45, 7) is 7.69. The van der Waals surface area contributed by atoms with E-state index in [2.05, 4.69) is 37.8 Å². The van der Waals surface area contributed by atoms with E-state index < -0.39 is 12.2 Å². The van der Waals surface area contributed by atoms with Crippen molar-refractivity contribution < 1.29 is 13.5 Å². The molecule has 0 radical (unpaired) electrons. The molecule has 1 atom stereocenters. The average molecular weight is 479 g/mol. The number of hydrogen-bond acceptors (Lipinski definition) is 1. The van der Waals surface area contributed by atoms with Crippen molar-refractivity contribution in [3.05, 3.63) is 95.6 Å². The Morgan fingerprint density at radius 3 is 1.77 bits per heavy atom. The Morgan fingerprint density at radius 2 is 1.29 bits per heavy atom. The summed E-state index contributed by atoms with van der Waals surface area (Å²) in [4.78, 5) is 0. The molecule has 2 aromatic rings. The average Bonchev–Trinajstić information content (AvgIpc) is 2.89. The zero-order valence-corrected chi connectivity index (χ0v) is 21.3. The smallest absolute Gasteiger partial charge is 0.309 e. The summed E-state index contributed by atoms with van der Waals surface area (Å²) in [5.41, 5.74) is 3.16. The van der Waals surface area contributed by atoms with Gasteiger partial charge in [-0.3, -0.25) is 0 Å². The molecule has 35 heavy (non-hydrogen) atoms. The molecule has 4 rings (SSSR count). The molecule has 2 fully saturated rings. The first kappa shape index (κ1) is 25.8. The van der Waals surface area contributed by atoms with Gasteiger partial charge in [-0.05, 0) is 106 Å². The molecule has 2 aliphatic carbocycles. The molecule has 1 nitrogen and oxygen atoms in total. The van der Waals surface area contributed by atoms with Gasteiger partial charge < -0.3 is 4.74 Å². The van der Waals surface area contributed by atoms with E-state index >= 15 is 0 Å². The molecule has 0 aromatic heterocycles. The van der Waals surface area contributed by atoms with Gasteiger partial charge in [-0.1, -0.05) is 66.8 Å². The maximum atomic E-state index is 15.0. The van der Waals surface area contributed by atoms with Crippen molar-refractivity contribution >= 4 is 0 Å². The molecule has 3 heteroatoms. The highest BCUT2D eigenvalue weighted by Crippen LogP contribution is 2.40. The van der Waals surface area contributed by atoms with Crippen LogP contribution in [-0.2, 0) is 10.8 Å². The van der Waals surface area contributed by atoms with Gasteiger partial charge in [0.1, 0.15) is 0 Å². The summed E-state index contributed by atoms with van der Waals surface area (Å²) in [5.74, 6) is 2.31. The molecule has 188 valence electrons. The SMILES string of the molecule is C=CC1CCC(c2ccc(C(F)(F)OC(C)c3ccc(C4CCC(/C=C/C)CC4)cc3)cc2)CC1. The summed E-state index contributed by atoms with van der Waals surface area (Å²) in [7, 11) is 0. The van der Waals surface area contributed by atoms with Crippen molar-refractivity contribution in [2.24, 2.45) is 11.8 Å². The van der Waals surface area contributed by atoms with Gasteiger partial charge in [0.05, 0.1) is 11.7 Å². The molecule has 2 saturated carbocycles. The van der Waals surface area contributed by atoms with Crippen LogP contribution in [-0.4, -0.2) is 0 Å². The van der Waals surface area contributed by atoms with E-state index in [1.807, 2.05) is 30.3 Å².